The molecule has 2 aromatic carbocycles. The molecule has 0 aliphatic carbocycles. The van der Waals surface area contributed by atoms with Crippen molar-refractivity contribution >= 4 is 35.0 Å². The van der Waals surface area contributed by atoms with Crippen LogP contribution in [0.4, 0.5) is 10.5 Å². The van der Waals surface area contributed by atoms with Crippen LogP contribution in [-0.4, -0.2) is 51.2 Å². The van der Waals surface area contributed by atoms with E-state index < -0.39 is 18.1 Å². The monoisotopic (exact) mass is 495 g/mol. The van der Waals surface area contributed by atoms with Crippen molar-refractivity contribution in [3.8, 4) is 11.5 Å². The molecule has 1 unspecified atom stereocenters. The van der Waals surface area contributed by atoms with Crippen molar-refractivity contribution in [3.63, 3.8) is 0 Å². The zero-order chi connectivity index (χ0) is 24.9. The first kappa shape index (κ1) is 24.0. The highest BCUT2D eigenvalue weighted by atomic mass is 35.5. The number of methoxy groups -OCH3 is 1. The number of anilines is 1. The van der Waals surface area contributed by atoms with Gasteiger partial charge in [-0.25, -0.2) is 4.79 Å². The number of carbonyl (C=O) groups excluding carboxylic acids is 2. The van der Waals surface area contributed by atoms with Gasteiger partial charge in [-0.15, -0.1) is 10.2 Å². The normalized spacial score (nSPS) is 15.3. The van der Waals surface area contributed by atoms with Gasteiger partial charge in [0, 0.05) is 11.3 Å². The summed E-state index contributed by atoms with van der Waals surface area (Å²) >= 11 is 5.70. The Bertz CT molecular complexity index is 1260. The van der Waals surface area contributed by atoms with Crippen LogP contribution < -0.4 is 10.1 Å². The number of phenols is 1. The van der Waals surface area contributed by atoms with Crippen LogP contribution in [0.5, 0.6) is 11.5 Å². The van der Waals surface area contributed by atoms with Crippen LogP contribution in [-0.2, 0) is 11.3 Å². The Hall–Kier alpha value is -4.18. The van der Waals surface area contributed by atoms with Crippen LogP contribution in [0.3, 0.4) is 0 Å². The molecule has 0 bridgehead atoms. The Kier molecular flexibility index (Phi) is 7.11. The summed E-state index contributed by atoms with van der Waals surface area (Å²) in [5.74, 6) is -0.125. The summed E-state index contributed by atoms with van der Waals surface area (Å²) in [4.78, 5) is 24.8. The number of hydrogen-bond donors (Lipinski definition) is 2. The number of cyclic esters (lactones) is 1. The zero-order valence-corrected chi connectivity index (χ0v) is 19.7. The van der Waals surface area contributed by atoms with E-state index in [4.69, 9.17) is 21.1 Å². The molecule has 3 aromatic rings. The summed E-state index contributed by atoms with van der Waals surface area (Å²) in [6.45, 7) is 2.03. The van der Waals surface area contributed by atoms with Gasteiger partial charge in [-0.2, -0.15) is 10.1 Å². The lowest BCUT2D eigenvalue weighted by Crippen LogP contribution is -2.41. The number of amides is 2. The van der Waals surface area contributed by atoms with Gasteiger partial charge < -0.3 is 19.9 Å². The molecule has 1 aliphatic rings. The van der Waals surface area contributed by atoms with E-state index in [0.717, 1.165) is 5.56 Å². The van der Waals surface area contributed by atoms with Crippen LogP contribution in [0.2, 0.25) is 5.15 Å². The lowest BCUT2D eigenvalue weighted by molar-refractivity contribution is 0.0712. The molecule has 0 spiro atoms. The second-order valence-electron chi connectivity index (χ2n) is 7.60. The number of rotatable bonds is 7. The van der Waals surface area contributed by atoms with Crippen molar-refractivity contribution in [2.24, 2.45) is 5.10 Å². The van der Waals surface area contributed by atoms with Crippen molar-refractivity contribution in [3.05, 3.63) is 76.6 Å². The number of hydrazone groups is 1. The van der Waals surface area contributed by atoms with Crippen LogP contribution in [0, 0.1) is 0 Å². The largest absolute Gasteiger partial charge is 0.504 e. The lowest BCUT2D eigenvalue weighted by Gasteiger charge is -2.29. The van der Waals surface area contributed by atoms with Crippen LogP contribution in [0.1, 0.15) is 35.0 Å². The van der Waals surface area contributed by atoms with Crippen molar-refractivity contribution in [1.82, 2.24) is 15.2 Å². The molecule has 1 aromatic heterocycles. The van der Waals surface area contributed by atoms with E-state index in [1.54, 1.807) is 36.4 Å². The van der Waals surface area contributed by atoms with Gasteiger partial charge in [0.1, 0.15) is 11.8 Å². The Labute approximate surface area is 206 Å². The summed E-state index contributed by atoms with van der Waals surface area (Å²) in [7, 11) is 1.47. The Balaban J connectivity index is 1.49. The van der Waals surface area contributed by atoms with Crippen molar-refractivity contribution in [2.75, 3.05) is 12.4 Å². The lowest BCUT2D eigenvalue weighted by atomic mass is 10.0. The predicted octanol–water partition coefficient (Wildman–Crippen LogP) is 4.23. The minimum absolute atomic E-state index is 0.0341. The number of nitrogens with zero attached hydrogens (tertiary/aromatic N) is 4. The molecule has 11 heteroatoms. The molecule has 2 amide bonds. The number of ether oxygens (including phenoxy) is 2. The standard InChI is InChI=1S/C24H22ClN5O5/c1-3-19-22(15-6-10-20(34-2)18(31)12-15)29-30(24(33)35-19)13-14-4-7-16(8-5-14)26-23(32)17-9-11-21(25)28-27-17/h4-12,19,31H,3,13H2,1-2H3,(H,26,32). The Morgan fingerprint density at radius 3 is 2.57 bits per heavy atom. The molecule has 180 valence electrons. The fourth-order valence-corrected chi connectivity index (χ4v) is 3.54. The molecule has 10 nitrogen and oxygen atoms in total. The van der Waals surface area contributed by atoms with Crippen molar-refractivity contribution < 1.29 is 24.2 Å². The molecular formula is C24H22ClN5O5. The summed E-state index contributed by atoms with van der Waals surface area (Å²) in [6.07, 6.45) is -0.588. The first-order valence-corrected chi connectivity index (χ1v) is 11.1. The average Bonchev–Trinajstić information content (AvgIpc) is 2.86. The highest BCUT2D eigenvalue weighted by Crippen LogP contribution is 2.29. The number of hydrogen-bond acceptors (Lipinski definition) is 8. The maximum Gasteiger partial charge on any atom is 0.431 e. The molecule has 1 aliphatic heterocycles. The maximum absolute atomic E-state index is 12.6. The molecule has 2 N–H and O–H groups in total. The minimum atomic E-state index is -0.572. The van der Waals surface area contributed by atoms with Crippen LogP contribution in [0.15, 0.2) is 59.7 Å². The first-order chi connectivity index (χ1) is 16.9. The van der Waals surface area contributed by atoms with E-state index in [-0.39, 0.29) is 23.1 Å². The van der Waals surface area contributed by atoms with Gasteiger partial charge in [0.05, 0.1) is 13.7 Å². The second kappa shape index (κ2) is 10.4. The number of benzene rings is 2. The fourth-order valence-electron chi connectivity index (χ4n) is 3.44. The third-order valence-electron chi connectivity index (χ3n) is 5.24. The number of phenolic OH excluding ortho intramolecular Hbond substituents is 1. The first-order valence-electron chi connectivity index (χ1n) is 10.7. The fraction of sp³-hybridized carbons (Fsp3) is 0.208. The van der Waals surface area contributed by atoms with Crippen molar-refractivity contribution in [1.29, 1.82) is 0 Å². The molecule has 0 saturated carbocycles. The highest BCUT2D eigenvalue weighted by molar-refractivity contribution is 6.29. The SMILES string of the molecule is CCC1OC(=O)N(Cc2ccc(NC(=O)c3ccc(Cl)nn3)cc2)N=C1c1ccc(OC)c(O)c1. The molecule has 0 saturated heterocycles. The number of aromatic hydroxyl groups is 1. The molecule has 0 fully saturated rings. The molecular weight excluding hydrogens is 474 g/mol. The van der Waals surface area contributed by atoms with Gasteiger partial charge in [0.2, 0.25) is 0 Å². The molecule has 35 heavy (non-hydrogen) atoms. The maximum atomic E-state index is 12.6. The van der Waals surface area contributed by atoms with Crippen LogP contribution in [0.25, 0.3) is 0 Å². The van der Waals surface area contributed by atoms with Gasteiger partial charge >= 0.3 is 6.09 Å². The number of aromatic nitrogens is 2. The average molecular weight is 496 g/mol. The predicted molar refractivity (Wildman–Crippen MR) is 129 cm³/mol. The number of nitrogens with one attached hydrogen (secondary N) is 1. The van der Waals surface area contributed by atoms with E-state index in [1.165, 1.54) is 30.3 Å². The summed E-state index contributed by atoms with van der Waals surface area (Å²) < 4.78 is 10.7. The van der Waals surface area contributed by atoms with Gasteiger partial charge in [-0.1, -0.05) is 30.7 Å². The zero-order valence-electron chi connectivity index (χ0n) is 18.9. The van der Waals surface area contributed by atoms with Gasteiger partial charge in [-0.05, 0) is 54.4 Å². The van der Waals surface area contributed by atoms with Gasteiger partial charge in [0.15, 0.2) is 22.3 Å². The Morgan fingerprint density at radius 1 is 1.17 bits per heavy atom. The second-order valence-corrected chi connectivity index (χ2v) is 7.99. The van der Waals surface area contributed by atoms with E-state index in [1.807, 2.05) is 6.92 Å². The van der Waals surface area contributed by atoms with E-state index >= 15 is 0 Å². The smallest absolute Gasteiger partial charge is 0.431 e. The van der Waals surface area contributed by atoms with E-state index in [0.29, 0.717) is 29.1 Å². The summed E-state index contributed by atoms with van der Waals surface area (Å²) in [5.41, 5.74) is 2.59. The molecule has 4 rings (SSSR count). The quantitative estimate of drug-likeness (QED) is 0.502. The van der Waals surface area contributed by atoms with Gasteiger partial charge in [0.25, 0.3) is 5.91 Å². The highest BCUT2D eigenvalue weighted by Gasteiger charge is 2.31. The molecule has 0 radical (unpaired) electrons. The minimum Gasteiger partial charge on any atom is -0.504 e. The summed E-state index contributed by atoms with van der Waals surface area (Å²) in [5, 5.41) is 26.2. The third kappa shape index (κ3) is 5.49. The van der Waals surface area contributed by atoms with E-state index in [2.05, 4.69) is 20.6 Å². The number of carbonyl (C=O) groups is 2. The summed E-state index contributed by atoms with van der Waals surface area (Å²) in [6, 6.07) is 14.8. The van der Waals surface area contributed by atoms with Crippen molar-refractivity contribution in [2.45, 2.75) is 26.0 Å². The molecule has 1 atom stereocenters. The molecule has 2 heterocycles. The van der Waals surface area contributed by atoms with E-state index in [9.17, 15) is 14.7 Å². The third-order valence-corrected chi connectivity index (χ3v) is 5.44. The topological polar surface area (TPSA) is 126 Å². The van der Waals surface area contributed by atoms with Crippen LogP contribution >= 0.6 is 11.6 Å². The number of halogens is 1. The Morgan fingerprint density at radius 2 is 1.94 bits per heavy atom. The van der Waals surface area contributed by atoms with Gasteiger partial charge in [-0.3, -0.25) is 4.79 Å².